The smallest absolute Gasteiger partial charge is 0.387 e. The summed E-state index contributed by atoms with van der Waals surface area (Å²) in [4.78, 5) is 30.5. The minimum Gasteiger partial charge on any atom is -0.387 e. The summed E-state index contributed by atoms with van der Waals surface area (Å²) in [6, 6.07) is 8.79. The van der Waals surface area contributed by atoms with E-state index in [9.17, 15) is 24.6 Å². The number of imidazole rings is 1. The van der Waals surface area contributed by atoms with Crippen LogP contribution < -0.4 is 5.73 Å². The predicted molar refractivity (Wildman–Crippen MR) is 104 cm³/mol. The van der Waals surface area contributed by atoms with Crippen molar-refractivity contribution in [1.82, 2.24) is 19.5 Å². The van der Waals surface area contributed by atoms with Gasteiger partial charge in [0.05, 0.1) is 12.9 Å². The zero-order valence-electron chi connectivity index (χ0n) is 15.9. The summed E-state index contributed by atoms with van der Waals surface area (Å²) in [5, 5.41) is 21.1. The third-order valence-corrected chi connectivity index (χ3v) is 5.19. The number of benzene rings is 1. The number of ether oxygens (including phenoxy) is 2. The standard InChI is InChI=1S/C17H20N5O8P/c18-14-10-15(20-7-19-14)22(8-21-10)16-12(24)11(23)13(29-16)17(30-31(25,26)27)28-6-9-4-2-1-3-5-9/h1-5,7-8,11-13,16-17,23-24H,6H2,(H2,18,19,20)(H2,25,26,27)/t11-,12+,13-,16+,17?/m0/s1. The molecule has 1 saturated heterocycles. The Morgan fingerprint density at radius 1 is 1.16 bits per heavy atom. The lowest BCUT2D eigenvalue weighted by Crippen LogP contribution is -2.41. The second kappa shape index (κ2) is 8.57. The van der Waals surface area contributed by atoms with Gasteiger partial charge in [-0.25, -0.2) is 19.5 Å². The molecule has 5 atom stereocenters. The van der Waals surface area contributed by atoms with Crippen LogP contribution in [0.5, 0.6) is 0 Å². The number of aromatic nitrogens is 4. The molecule has 3 aromatic rings. The molecule has 0 spiro atoms. The van der Waals surface area contributed by atoms with E-state index in [4.69, 9.17) is 19.7 Å². The first-order valence-corrected chi connectivity index (χ1v) is 10.6. The maximum Gasteiger partial charge on any atom is 0.472 e. The lowest BCUT2D eigenvalue weighted by atomic mass is 10.1. The van der Waals surface area contributed by atoms with Gasteiger partial charge in [0.15, 0.2) is 24.0 Å². The third kappa shape index (κ3) is 4.59. The number of hydrogen-bond donors (Lipinski definition) is 5. The largest absolute Gasteiger partial charge is 0.472 e. The van der Waals surface area contributed by atoms with Crippen LogP contribution in [0.25, 0.3) is 11.2 Å². The highest BCUT2D eigenvalue weighted by Gasteiger charge is 2.50. The first-order chi connectivity index (χ1) is 14.7. The number of nitrogen functional groups attached to an aromatic ring is 1. The monoisotopic (exact) mass is 453 g/mol. The van der Waals surface area contributed by atoms with Crippen LogP contribution in [-0.4, -0.2) is 64.1 Å². The van der Waals surface area contributed by atoms with Gasteiger partial charge in [-0.15, -0.1) is 0 Å². The van der Waals surface area contributed by atoms with E-state index < -0.39 is 38.7 Å². The Balaban J connectivity index is 1.59. The average molecular weight is 453 g/mol. The summed E-state index contributed by atoms with van der Waals surface area (Å²) in [6.07, 6.45) is -4.95. The summed E-state index contributed by atoms with van der Waals surface area (Å²) in [7, 11) is -5.02. The number of phosphoric acid groups is 1. The number of hydrogen-bond acceptors (Lipinski definition) is 10. The fourth-order valence-electron chi connectivity index (χ4n) is 3.27. The predicted octanol–water partition coefficient (Wildman–Crippen LogP) is -0.320. The molecule has 31 heavy (non-hydrogen) atoms. The van der Waals surface area contributed by atoms with Crippen molar-refractivity contribution in [3.8, 4) is 0 Å². The van der Waals surface area contributed by atoms with Crippen LogP contribution in [0.3, 0.4) is 0 Å². The lowest BCUT2D eigenvalue weighted by molar-refractivity contribution is -0.193. The molecule has 14 heteroatoms. The highest BCUT2D eigenvalue weighted by atomic mass is 31.2. The molecule has 2 aromatic heterocycles. The van der Waals surface area contributed by atoms with Crippen molar-refractivity contribution in [3.63, 3.8) is 0 Å². The van der Waals surface area contributed by atoms with Crippen LogP contribution in [0.4, 0.5) is 5.82 Å². The molecule has 1 aromatic carbocycles. The van der Waals surface area contributed by atoms with Crippen LogP contribution in [0, 0.1) is 0 Å². The van der Waals surface area contributed by atoms with Gasteiger partial charge >= 0.3 is 7.82 Å². The minimum atomic E-state index is -5.02. The molecule has 13 nitrogen and oxygen atoms in total. The van der Waals surface area contributed by atoms with Gasteiger partial charge in [0.25, 0.3) is 0 Å². The Morgan fingerprint density at radius 3 is 2.61 bits per heavy atom. The maximum atomic E-state index is 11.5. The average Bonchev–Trinajstić information content (AvgIpc) is 3.28. The molecule has 1 unspecified atom stereocenters. The molecular formula is C17H20N5O8P. The summed E-state index contributed by atoms with van der Waals surface area (Å²) in [5.74, 6) is 0.113. The van der Waals surface area contributed by atoms with Gasteiger partial charge in [-0.3, -0.25) is 9.09 Å². The molecular weight excluding hydrogens is 433 g/mol. The Labute approximate surface area is 175 Å². The molecule has 0 amide bonds. The van der Waals surface area contributed by atoms with Gasteiger partial charge in [0, 0.05) is 0 Å². The summed E-state index contributed by atoms with van der Waals surface area (Å²) >= 11 is 0. The summed E-state index contributed by atoms with van der Waals surface area (Å²) in [6.45, 7) is -0.0867. The molecule has 1 aliphatic heterocycles. The van der Waals surface area contributed by atoms with Crippen LogP contribution >= 0.6 is 7.82 Å². The van der Waals surface area contributed by atoms with Crippen molar-refractivity contribution in [2.45, 2.75) is 37.4 Å². The van der Waals surface area contributed by atoms with Crippen LogP contribution in [0.15, 0.2) is 43.0 Å². The number of nitrogens with two attached hydrogens (primary N) is 1. The zero-order valence-corrected chi connectivity index (χ0v) is 16.8. The Morgan fingerprint density at radius 2 is 1.90 bits per heavy atom. The Kier molecular flexibility index (Phi) is 6.01. The van der Waals surface area contributed by atoms with Gasteiger partial charge in [-0.1, -0.05) is 30.3 Å². The Hall–Kier alpha value is -2.48. The van der Waals surface area contributed by atoms with Crippen LogP contribution in [-0.2, 0) is 25.2 Å². The zero-order chi connectivity index (χ0) is 22.2. The van der Waals surface area contributed by atoms with E-state index in [0.29, 0.717) is 5.56 Å². The minimum absolute atomic E-state index is 0.0867. The molecule has 6 N–H and O–H groups in total. The molecule has 0 radical (unpaired) electrons. The van der Waals surface area contributed by atoms with E-state index in [1.54, 1.807) is 30.3 Å². The van der Waals surface area contributed by atoms with E-state index in [-0.39, 0.29) is 23.6 Å². The normalized spacial score (nSPS) is 25.2. The van der Waals surface area contributed by atoms with Gasteiger partial charge < -0.3 is 35.2 Å². The fraction of sp³-hybridized carbons (Fsp3) is 0.353. The van der Waals surface area contributed by atoms with Gasteiger partial charge in [0.2, 0.25) is 0 Å². The topological polar surface area (TPSA) is 195 Å². The van der Waals surface area contributed by atoms with Crippen molar-refractivity contribution in [1.29, 1.82) is 0 Å². The summed E-state index contributed by atoms with van der Waals surface area (Å²) < 4.78 is 28.7. The van der Waals surface area contributed by atoms with E-state index in [1.165, 1.54) is 17.2 Å². The molecule has 4 rings (SSSR count). The number of aliphatic hydroxyl groups is 2. The molecule has 1 aliphatic rings. The number of phosphoric ester groups is 1. The first-order valence-electron chi connectivity index (χ1n) is 9.08. The number of fused-ring (bicyclic) bond motifs is 1. The van der Waals surface area contributed by atoms with Gasteiger partial charge in [0.1, 0.15) is 30.2 Å². The number of aliphatic hydroxyl groups excluding tert-OH is 2. The van der Waals surface area contributed by atoms with E-state index >= 15 is 0 Å². The van der Waals surface area contributed by atoms with Crippen molar-refractivity contribution in [2.24, 2.45) is 0 Å². The van der Waals surface area contributed by atoms with Crippen LogP contribution in [0.1, 0.15) is 11.8 Å². The Bertz CT molecular complexity index is 1090. The van der Waals surface area contributed by atoms with Crippen LogP contribution in [0.2, 0.25) is 0 Å². The molecule has 1 fully saturated rings. The van der Waals surface area contributed by atoms with E-state index in [0.717, 1.165) is 0 Å². The van der Waals surface area contributed by atoms with Crippen molar-refractivity contribution in [2.75, 3.05) is 5.73 Å². The van der Waals surface area contributed by atoms with E-state index in [2.05, 4.69) is 15.0 Å². The summed E-state index contributed by atoms with van der Waals surface area (Å²) in [5.41, 5.74) is 6.96. The SMILES string of the molecule is Nc1ncnc2c1ncn2[C@@H]1O[C@H](C(OCc2ccccc2)OP(=O)(O)O)[C@@H](O)[C@H]1O. The molecule has 3 heterocycles. The second-order valence-corrected chi connectivity index (χ2v) is 8.01. The molecule has 0 aliphatic carbocycles. The quantitative estimate of drug-likeness (QED) is 0.231. The number of anilines is 1. The maximum absolute atomic E-state index is 11.5. The third-order valence-electron chi connectivity index (χ3n) is 4.70. The van der Waals surface area contributed by atoms with Gasteiger partial charge in [-0.2, -0.15) is 0 Å². The van der Waals surface area contributed by atoms with Gasteiger partial charge in [-0.05, 0) is 5.56 Å². The highest BCUT2D eigenvalue weighted by Crippen LogP contribution is 2.42. The second-order valence-electron chi connectivity index (χ2n) is 6.82. The van der Waals surface area contributed by atoms with Crippen molar-refractivity contribution < 1.29 is 38.6 Å². The molecule has 0 bridgehead atoms. The molecule has 166 valence electrons. The van der Waals surface area contributed by atoms with E-state index in [1.807, 2.05) is 0 Å². The highest BCUT2D eigenvalue weighted by molar-refractivity contribution is 7.46. The molecule has 0 saturated carbocycles. The first kappa shape index (κ1) is 21.7. The van der Waals surface area contributed by atoms with Crippen molar-refractivity contribution >= 4 is 24.8 Å². The van der Waals surface area contributed by atoms with Crippen molar-refractivity contribution in [3.05, 3.63) is 48.5 Å². The fourth-order valence-corrected chi connectivity index (χ4v) is 3.72. The number of rotatable bonds is 7. The number of nitrogens with zero attached hydrogens (tertiary/aromatic N) is 4. The lowest BCUT2D eigenvalue weighted by Gasteiger charge is -2.26.